The highest BCUT2D eigenvalue weighted by Crippen LogP contribution is 2.25. The Morgan fingerprint density at radius 1 is 1.12 bits per heavy atom. The predicted octanol–water partition coefficient (Wildman–Crippen LogP) is 5.33. The molecule has 0 saturated heterocycles. The van der Waals surface area contributed by atoms with Gasteiger partial charge in [-0.15, -0.1) is 0 Å². The van der Waals surface area contributed by atoms with Gasteiger partial charge in [0.25, 0.3) is 0 Å². The monoisotopic (exact) mass is 302 g/mol. The molecule has 0 unspecified atom stereocenters. The Morgan fingerprint density at radius 2 is 1.82 bits per heavy atom. The van der Waals surface area contributed by atoms with E-state index in [1.165, 1.54) is 44.2 Å². The van der Waals surface area contributed by atoms with Gasteiger partial charge >= 0.3 is 0 Å². The summed E-state index contributed by atoms with van der Waals surface area (Å²) in [6, 6.07) is 4.51. The lowest BCUT2D eigenvalue weighted by atomic mass is 10.1. The fraction of sp³-hybridized carbons (Fsp3) is 0.571. The number of ether oxygens (including phenoxy) is 1. The standard InChI is InChI=1S/C14H20BrFO/c1-2-3-4-5-6-7-10-17-14-9-8-12(16)11-13(14)15/h8-9,11H,2-7,10H2,1H3. The van der Waals surface area contributed by atoms with Crippen LogP contribution in [0.1, 0.15) is 45.4 Å². The Morgan fingerprint density at radius 3 is 2.53 bits per heavy atom. The Kier molecular flexibility index (Phi) is 7.25. The van der Waals surface area contributed by atoms with Gasteiger partial charge in [-0.2, -0.15) is 0 Å². The van der Waals surface area contributed by atoms with E-state index < -0.39 is 0 Å². The van der Waals surface area contributed by atoms with Crippen LogP contribution in [0.5, 0.6) is 5.75 Å². The van der Waals surface area contributed by atoms with Crippen molar-refractivity contribution in [3.63, 3.8) is 0 Å². The van der Waals surface area contributed by atoms with Crippen LogP contribution in [0.25, 0.3) is 0 Å². The van der Waals surface area contributed by atoms with Crippen molar-refractivity contribution in [2.75, 3.05) is 6.61 Å². The minimum atomic E-state index is -0.246. The molecule has 1 nitrogen and oxygen atoms in total. The highest BCUT2D eigenvalue weighted by Gasteiger charge is 2.01. The lowest BCUT2D eigenvalue weighted by Crippen LogP contribution is -1.98. The average Bonchev–Trinajstić information content (AvgIpc) is 2.30. The molecule has 0 bridgehead atoms. The van der Waals surface area contributed by atoms with Crippen molar-refractivity contribution in [3.8, 4) is 5.75 Å². The summed E-state index contributed by atoms with van der Waals surface area (Å²) in [6.45, 7) is 2.92. The van der Waals surface area contributed by atoms with E-state index >= 15 is 0 Å². The van der Waals surface area contributed by atoms with Crippen molar-refractivity contribution in [2.45, 2.75) is 45.4 Å². The Hall–Kier alpha value is -0.570. The SMILES string of the molecule is CCCCCCCCOc1ccc(F)cc1Br. The molecule has 0 aliphatic rings. The van der Waals surface area contributed by atoms with Crippen molar-refractivity contribution in [1.82, 2.24) is 0 Å². The molecule has 0 atom stereocenters. The third-order valence-electron chi connectivity index (χ3n) is 2.65. The summed E-state index contributed by atoms with van der Waals surface area (Å²) in [4.78, 5) is 0. The molecule has 1 aromatic rings. The fourth-order valence-corrected chi connectivity index (χ4v) is 2.12. The van der Waals surface area contributed by atoms with Gasteiger partial charge in [-0.3, -0.25) is 0 Å². The second-order valence-electron chi connectivity index (χ2n) is 4.19. The maximum Gasteiger partial charge on any atom is 0.133 e. The van der Waals surface area contributed by atoms with Crippen LogP contribution in [0.4, 0.5) is 4.39 Å². The van der Waals surface area contributed by atoms with Gasteiger partial charge in [0.2, 0.25) is 0 Å². The van der Waals surface area contributed by atoms with Crippen LogP contribution in [0.15, 0.2) is 22.7 Å². The van der Waals surface area contributed by atoms with E-state index in [0.717, 1.165) is 12.2 Å². The summed E-state index contributed by atoms with van der Waals surface area (Å²) in [5.41, 5.74) is 0. The first-order valence-electron chi connectivity index (χ1n) is 6.32. The molecule has 0 N–H and O–H groups in total. The molecule has 0 saturated carbocycles. The van der Waals surface area contributed by atoms with Gasteiger partial charge in [0.05, 0.1) is 11.1 Å². The van der Waals surface area contributed by atoms with Crippen LogP contribution >= 0.6 is 15.9 Å². The van der Waals surface area contributed by atoms with E-state index in [9.17, 15) is 4.39 Å². The van der Waals surface area contributed by atoms with Crippen molar-refractivity contribution >= 4 is 15.9 Å². The highest BCUT2D eigenvalue weighted by atomic mass is 79.9. The van der Waals surface area contributed by atoms with E-state index in [2.05, 4.69) is 22.9 Å². The van der Waals surface area contributed by atoms with Crippen LogP contribution < -0.4 is 4.74 Å². The van der Waals surface area contributed by atoms with E-state index in [4.69, 9.17) is 4.74 Å². The van der Waals surface area contributed by atoms with Gasteiger partial charge in [0.15, 0.2) is 0 Å². The first kappa shape index (κ1) is 14.5. The zero-order valence-electron chi connectivity index (χ0n) is 10.3. The molecule has 0 radical (unpaired) electrons. The summed E-state index contributed by atoms with van der Waals surface area (Å²) in [5.74, 6) is 0.476. The number of hydrogen-bond acceptors (Lipinski definition) is 1. The smallest absolute Gasteiger partial charge is 0.133 e. The summed E-state index contributed by atoms with van der Waals surface area (Å²) in [5, 5.41) is 0. The third-order valence-corrected chi connectivity index (χ3v) is 3.27. The quantitative estimate of drug-likeness (QED) is 0.590. The maximum atomic E-state index is 12.8. The van der Waals surface area contributed by atoms with E-state index in [-0.39, 0.29) is 5.82 Å². The van der Waals surface area contributed by atoms with E-state index in [1.54, 1.807) is 6.07 Å². The molecule has 1 rings (SSSR count). The van der Waals surface area contributed by atoms with Crippen molar-refractivity contribution in [1.29, 1.82) is 0 Å². The first-order chi connectivity index (χ1) is 8.24. The van der Waals surface area contributed by atoms with E-state index in [1.807, 2.05) is 0 Å². The molecule has 0 amide bonds. The van der Waals surface area contributed by atoms with E-state index in [0.29, 0.717) is 11.1 Å². The summed E-state index contributed by atoms with van der Waals surface area (Å²) in [7, 11) is 0. The summed E-state index contributed by atoms with van der Waals surface area (Å²) >= 11 is 3.29. The molecule has 0 heterocycles. The van der Waals surface area contributed by atoms with Gasteiger partial charge < -0.3 is 4.74 Å². The fourth-order valence-electron chi connectivity index (χ4n) is 1.66. The highest BCUT2D eigenvalue weighted by molar-refractivity contribution is 9.10. The zero-order valence-corrected chi connectivity index (χ0v) is 11.9. The van der Waals surface area contributed by atoms with Crippen molar-refractivity contribution in [2.24, 2.45) is 0 Å². The van der Waals surface area contributed by atoms with Crippen LogP contribution in [0.2, 0.25) is 0 Å². The third kappa shape index (κ3) is 6.06. The molecular weight excluding hydrogens is 283 g/mol. The van der Waals surface area contributed by atoms with Gasteiger partial charge in [0, 0.05) is 0 Å². The molecule has 3 heteroatoms. The number of benzene rings is 1. The molecule has 0 spiro atoms. The molecule has 0 aliphatic carbocycles. The van der Waals surface area contributed by atoms with Crippen LogP contribution in [0, 0.1) is 5.82 Å². The summed E-state index contributed by atoms with van der Waals surface area (Å²) in [6.07, 6.45) is 7.47. The van der Waals surface area contributed by atoms with Gasteiger partial charge in [0.1, 0.15) is 11.6 Å². The minimum Gasteiger partial charge on any atom is -0.492 e. The molecule has 17 heavy (non-hydrogen) atoms. The largest absolute Gasteiger partial charge is 0.492 e. The zero-order chi connectivity index (χ0) is 12.5. The molecule has 0 fully saturated rings. The molecule has 96 valence electrons. The summed E-state index contributed by atoms with van der Waals surface area (Å²) < 4.78 is 19.1. The first-order valence-corrected chi connectivity index (χ1v) is 7.11. The lowest BCUT2D eigenvalue weighted by Gasteiger charge is -2.07. The molecule has 1 aromatic carbocycles. The second-order valence-corrected chi connectivity index (χ2v) is 5.05. The topological polar surface area (TPSA) is 9.23 Å². The number of rotatable bonds is 8. The average molecular weight is 303 g/mol. The predicted molar refractivity (Wildman–Crippen MR) is 73.0 cm³/mol. The van der Waals surface area contributed by atoms with Crippen molar-refractivity contribution in [3.05, 3.63) is 28.5 Å². The van der Waals surface area contributed by atoms with Crippen LogP contribution in [-0.2, 0) is 0 Å². The second kappa shape index (κ2) is 8.51. The lowest BCUT2D eigenvalue weighted by molar-refractivity contribution is 0.302. The van der Waals surface area contributed by atoms with Crippen LogP contribution in [0.3, 0.4) is 0 Å². The molecular formula is C14H20BrFO. The Balaban J connectivity index is 2.14. The number of hydrogen-bond donors (Lipinski definition) is 0. The minimum absolute atomic E-state index is 0.246. The molecule has 0 aromatic heterocycles. The normalized spacial score (nSPS) is 10.5. The van der Waals surface area contributed by atoms with Gasteiger partial charge in [-0.25, -0.2) is 4.39 Å². The number of unbranched alkanes of at least 4 members (excludes halogenated alkanes) is 5. The maximum absolute atomic E-state index is 12.8. The van der Waals surface area contributed by atoms with Crippen LogP contribution in [-0.4, -0.2) is 6.61 Å². The Labute approximate surface area is 111 Å². The van der Waals surface area contributed by atoms with Gasteiger partial charge in [-0.05, 0) is 40.5 Å². The number of halogens is 2. The Bertz CT molecular complexity index is 328. The molecule has 0 aliphatic heterocycles. The van der Waals surface area contributed by atoms with Gasteiger partial charge in [-0.1, -0.05) is 39.0 Å². The van der Waals surface area contributed by atoms with Crippen molar-refractivity contribution < 1.29 is 9.13 Å².